The number of benzene rings is 1. The van der Waals surface area contributed by atoms with Gasteiger partial charge in [0, 0.05) is 12.1 Å². The van der Waals surface area contributed by atoms with Crippen molar-refractivity contribution in [2.45, 2.75) is 26.0 Å². The first-order valence-corrected chi connectivity index (χ1v) is 8.07. The number of amides is 1. The van der Waals surface area contributed by atoms with Gasteiger partial charge in [0.25, 0.3) is 0 Å². The van der Waals surface area contributed by atoms with Crippen LogP contribution in [0.3, 0.4) is 0 Å². The Bertz CT molecular complexity index is 892. The number of ether oxygens (including phenoxy) is 3. The quantitative estimate of drug-likeness (QED) is 0.670. The van der Waals surface area contributed by atoms with Crippen LogP contribution in [0.5, 0.6) is 11.8 Å². The highest BCUT2D eigenvalue weighted by molar-refractivity contribution is 5.82. The van der Waals surface area contributed by atoms with E-state index in [-0.39, 0.29) is 12.3 Å². The molecule has 172 valence electrons. The fourth-order valence-corrected chi connectivity index (χ4v) is 1.93. The fourth-order valence-electron chi connectivity index (χ4n) is 1.93. The molecule has 1 amide bonds. The minimum atomic E-state index is -4.78. The Labute approximate surface area is 171 Å². The summed E-state index contributed by atoms with van der Waals surface area (Å²) in [6.45, 7) is 1.71. The molecule has 0 saturated carbocycles. The largest absolute Gasteiger partial charge is 0.573 e. The predicted molar refractivity (Wildman–Crippen MR) is 93.2 cm³/mol. The molecule has 0 spiro atoms. The topological polar surface area (TPSA) is 121 Å². The summed E-state index contributed by atoms with van der Waals surface area (Å²) < 4.78 is 85.3. The van der Waals surface area contributed by atoms with Gasteiger partial charge < -0.3 is 19.9 Å². The van der Waals surface area contributed by atoms with E-state index in [2.05, 4.69) is 29.2 Å². The van der Waals surface area contributed by atoms with Gasteiger partial charge in [-0.1, -0.05) is 12.1 Å². The molecule has 1 aromatic carbocycles. The van der Waals surface area contributed by atoms with Crippen molar-refractivity contribution in [1.82, 2.24) is 15.0 Å². The van der Waals surface area contributed by atoms with Crippen molar-refractivity contribution in [3.63, 3.8) is 0 Å². The molecule has 0 aliphatic heterocycles. The second kappa shape index (κ2) is 10.6. The molecule has 15 heteroatoms. The van der Waals surface area contributed by atoms with Crippen molar-refractivity contribution in [1.29, 1.82) is 0 Å². The van der Waals surface area contributed by atoms with Crippen molar-refractivity contribution < 1.29 is 45.3 Å². The number of nitrogens with two attached hydrogens (primary N) is 1. The lowest BCUT2D eigenvalue weighted by atomic mass is 10.1. The summed E-state index contributed by atoms with van der Waals surface area (Å²) in [5.74, 6) is -2.31. The number of halogens is 6. The first-order chi connectivity index (χ1) is 14.3. The average molecular weight is 457 g/mol. The van der Waals surface area contributed by atoms with Gasteiger partial charge >= 0.3 is 24.6 Å². The van der Waals surface area contributed by atoms with Gasteiger partial charge in [-0.2, -0.15) is 28.1 Å². The Morgan fingerprint density at radius 1 is 1.10 bits per heavy atom. The second-order valence-corrected chi connectivity index (χ2v) is 5.39. The van der Waals surface area contributed by atoms with E-state index in [9.17, 15) is 31.1 Å². The Morgan fingerprint density at radius 3 is 2.23 bits per heavy atom. The number of carbonyl (C=O) groups is 1. The van der Waals surface area contributed by atoms with E-state index in [1.165, 1.54) is 12.1 Å². The number of anilines is 1. The normalized spacial score (nSPS) is 11.2. The number of alkyl halides is 6. The lowest BCUT2D eigenvalue weighted by Crippen LogP contribution is -2.19. The summed E-state index contributed by atoms with van der Waals surface area (Å²) in [4.78, 5) is 20.2. The minimum absolute atomic E-state index is 0.0259. The van der Waals surface area contributed by atoms with Crippen LogP contribution in [0.25, 0.3) is 0 Å². The summed E-state index contributed by atoms with van der Waals surface area (Å²) in [6, 6.07) is 3.86. The van der Waals surface area contributed by atoms with Crippen LogP contribution in [0.15, 0.2) is 18.2 Å². The molecule has 2 rings (SSSR count). The Balaban J connectivity index is 0.000000316. The third-order valence-corrected chi connectivity index (χ3v) is 3.25. The zero-order valence-corrected chi connectivity index (χ0v) is 16.3. The van der Waals surface area contributed by atoms with Gasteiger partial charge in [-0.3, -0.25) is 5.32 Å². The van der Waals surface area contributed by atoms with E-state index in [0.717, 1.165) is 14.2 Å². The van der Waals surface area contributed by atoms with Crippen molar-refractivity contribution in [3.8, 4) is 11.8 Å². The summed E-state index contributed by atoms with van der Waals surface area (Å²) in [5.41, 5.74) is 6.39. The molecule has 0 unspecified atom stereocenters. The van der Waals surface area contributed by atoms with Crippen LogP contribution >= 0.6 is 0 Å². The number of nitrogens with one attached hydrogen (secondary N) is 1. The van der Waals surface area contributed by atoms with E-state index in [1.807, 2.05) is 5.32 Å². The third-order valence-electron chi connectivity index (χ3n) is 3.25. The first kappa shape index (κ1) is 25.7. The minimum Gasteiger partial charge on any atom is -0.467 e. The van der Waals surface area contributed by atoms with E-state index in [1.54, 1.807) is 13.0 Å². The zero-order valence-electron chi connectivity index (χ0n) is 16.3. The number of hydrogen-bond acceptors (Lipinski definition) is 8. The molecule has 0 fully saturated rings. The number of hydrogen-bond donors (Lipinski definition) is 2. The van der Waals surface area contributed by atoms with Crippen LogP contribution < -0.4 is 20.5 Å². The predicted octanol–water partition coefficient (Wildman–Crippen LogP) is 3.43. The van der Waals surface area contributed by atoms with Crippen LogP contribution in [-0.2, 0) is 17.5 Å². The molecule has 0 bridgehead atoms. The molecule has 1 heterocycles. The summed E-state index contributed by atoms with van der Waals surface area (Å²) in [7, 11) is 2.12. The highest BCUT2D eigenvalue weighted by Crippen LogP contribution is 2.28. The standard InChI is InChI=1S/C9H10F3NO.C7H7F3N4O3/c1-6-3-2-4-8(7(6)5-13)14-9(10,11)12;1-16-5-12-3(7(8,9)10)11-4(13-5)14-6(15)17-2/h2-4H,5,13H2,1H3;1-2H3,(H,11,12,13,14,15). The average Bonchev–Trinajstić information content (AvgIpc) is 2.66. The van der Waals surface area contributed by atoms with Crippen LogP contribution in [0.2, 0.25) is 0 Å². The number of nitrogens with zero attached hydrogens (tertiary/aromatic N) is 3. The first-order valence-electron chi connectivity index (χ1n) is 8.07. The Morgan fingerprint density at radius 2 is 1.74 bits per heavy atom. The van der Waals surface area contributed by atoms with Gasteiger partial charge in [0.15, 0.2) is 0 Å². The molecule has 0 atom stereocenters. The lowest BCUT2D eigenvalue weighted by Gasteiger charge is -2.13. The molecule has 9 nitrogen and oxygen atoms in total. The fraction of sp³-hybridized carbons (Fsp3) is 0.375. The van der Waals surface area contributed by atoms with E-state index in [0.29, 0.717) is 11.1 Å². The van der Waals surface area contributed by atoms with E-state index < -0.39 is 36.4 Å². The highest BCUT2D eigenvalue weighted by atomic mass is 19.4. The molecular weight excluding hydrogens is 440 g/mol. The maximum atomic E-state index is 12.4. The SMILES string of the molecule is COC(=O)Nc1nc(OC)nc(C(F)(F)F)n1.Cc1cccc(OC(F)(F)F)c1CN. The van der Waals surface area contributed by atoms with Crippen molar-refractivity contribution in [2.75, 3.05) is 19.5 Å². The number of aryl methyl sites for hydroxylation is 1. The van der Waals surface area contributed by atoms with E-state index in [4.69, 9.17) is 5.73 Å². The number of carbonyl (C=O) groups excluding carboxylic acids is 1. The molecule has 1 aromatic heterocycles. The molecular formula is C16H17F6N5O4. The second-order valence-electron chi connectivity index (χ2n) is 5.39. The Kier molecular flexibility index (Phi) is 8.78. The number of rotatable bonds is 4. The highest BCUT2D eigenvalue weighted by Gasteiger charge is 2.36. The molecule has 0 saturated heterocycles. The van der Waals surface area contributed by atoms with Gasteiger partial charge in [0.05, 0.1) is 14.2 Å². The summed E-state index contributed by atoms with van der Waals surface area (Å²) in [5, 5.41) is 1.88. The lowest BCUT2D eigenvalue weighted by molar-refractivity contribution is -0.274. The van der Waals surface area contributed by atoms with Crippen molar-refractivity contribution >= 4 is 12.0 Å². The summed E-state index contributed by atoms with van der Waals surface area (Å²) >= 11 is 0. The molecule has 31 heavy (non-hydrogen) atoms. The van der Waals surface area contributed by atoms with Gasteiger partial charge in [-0.15, -0.1) is 13.2 Å². The molecule has 0 aliphatic rings. The van der Waals surface area contributed by atoms with Crippen molar-refractivity contribution in [3.05, 3.63) is 35.2 Å². The maximum Gasteiger partial charge on any atom is 0.573 e. The van der Waals surface area contributed by atoms with Crippen LogP contribution in [0.1, 0.15) is 17.0 Å². The van der Waals surface area contributed by atoms with Gasteiger partial charge in [0.1, 0.15) is 5.75 Å². The maximum absolute atomic E-state index is 12.4. The molecule has 0 aliphatic carbocycles. The van der Waals surface area contributed by atoms with Crippen LogP contribution in [0, 0.1) is 6.92 Å². The monoisotopic (exact) mass is 457 g/mol. The third kappa shape index (κ3) is 8.49. The zero-order chi connectivity index (χ0) is 23.8. The van der Waals surface area contributed by atoms with Gasteiger partial charge in [0.2, 0.25) is 11.8 Å². The van der Waals surface area contributed by atoms with E-state index >= 15 is 0 Å². The van der Waals surface area contributed by atoms with Crippen LogP contribution in [0.4, 0.5) is 37.1 Å². The number of aromatic nitrogens is 3. The Hall–Kier alpha value is -3.36. The van der Waals surface area contributed by atoms with Crippen molar-refractivity contribution in [2.24, 2.45) is 5.73 Å². The molecule has 0 radical (unpaired) electrons. The van der Waals surface area contributed by atoms with Crippen LogP contribution in [-0.4, -0.2) is 41.6 Å². The smallest absolute Gasteiger partial charge is 0.467 e. The molecule has 2 aromatic rings. The summed E-state index contributed by atoms with van der Waals surface area (Å²) in [6.07, 6.45) is -10.5. The van der Waals surface area contributed by atoms with Gasteiger partial charge in [-0.25, -0.2) is 4.79 Å². The number of methoxy groups -OCH3 is 2. The molecule has 3 N–H and O–H groups in total. The van der Waals surface area contributed by atoms with Gasteiger partial charge in [-0.05, 0) is 18.6 Å².